The number of rotatable bonds is 1. The summed E-state index contributed by atoms with van der Waals surface area (Å²) in [7, 11) is 1.72. The maximum Gasteiger partial charge on any atom is 0.410 e. The Balaban J connectivity index is 1.97. The van der Waals surface area contributed by atoms with Gasteiger partial charge in [-0.25, -0.2) is 4.79 Å². The highest BCUT2D eigenvalue weighted by atomic mass is 16.7. The summed E-state index contributed by atoms with van der Waals surface area (Å²) in [6.07, 6.45) is -0.301. The lowest BCUT2D eigenvalue weighted by Crippen LogP contribution is -2.27. The van der Waals surface area contributed by atoms with E-state index in [0.29, 0.717) is 12.3 Å². The third-order valence-corrected chi connectivity index (χ3v) is 3.15. The molecule has 0 aromatic heterocycles. The van der Waals surface area contributed by atoms with Crippen LogP contribution in [0.25, 0.3) is 0 Å². The summed E-state index contributed by atoms with van der Waals surface area (Å²) >= 11 is 0. The number of hydrogen-bond acceptors (Lipinski definition) is 4. The summed E-state index contributed by atoms with van der Waals surface area (Å²) in [5, 5.41) is 0. The zero-order valence-electron chi connectivity index (χ0n) is 9.73. The molecule has 2 aliphatic heterocycles. The van der Waals surface area contributed by atoms with E-state index in [9.17, 15) is 4.79 Å². The Kier molecular flexibility index (Phi) is 1.98. The van der Waals surface area contributed by atoms with Gasteiger partial charge in [-0.3, -0.25) is 0 Å². The molecule has 1 unspecified atom stereocenters. The average molecular weight is 235 g/mol. The van der Waals surface area contributed by atoms with Crippen molar-refractivity contribution < 1.29 is 19.0 Å². The molecule has 3 rings (SSSR count). The third-order valence-electron chi connectivity index (χ3n) is 3.15. The Labute approximate surface area is 98.9 Å². The molecule has 1 aromatic carbocycles. The molecule has 2 heterocycles. The smallest absolute Gasteiger partial charge is 0.410 e. The maximum absolute atomic E-state index is 11.4. The molecule has 2 aliphatic rings. The van der Waals surface area contributed by atoms with Gasteiger partial charge in [0.25, 0.3) is 0 Å². The topological polar surface area (TPSA) is 48.0 Å². The van der Waals surface area contributed by atoms with Crippen LogP contribution in [0.5, 0.6) is 11.5 Å². The molecule has 1 saturated heterocycles. The van der Waals surface area contributed by atoms with Crippen molar-refractivity contribution in [2.75, 3.05) is 20.4 Å². The minimum absolute atomic E-state index is 0.245. The van der Waals surface area contributed by atoms with Crippen molar-refractivity contribution in [1.82, 2.24) is 4.90 Å². The fourth-order valence-electron chi connectivity index (χ4n) is 2.20. The van der Waals surface area contributed by atoms with Crippen molar-refractivity contribution in [1.29, 1.82) is 0 Å². The molecule has 1 amide bonds. The van der Waals surface area contributed by atoms with Crippen LogP contribution in [0, 0.1) is 0 Å². The Hall–Kier alpha value is -1.91. The molecule has 0 aliphatic carbocycles. The Bertz CT molecular complexity index is 487. The predicted octanol–water partition coefficient (Wildman–Crippen LogP) is 1.71. The molecule has 0 bridgehead atoms. The molecule has 5 nitrogen and oxygen atoms in total. The summed E-state index contributed by atoms with van der Waals surface area (Å²) in [6, 6.07) is 5.61. The quantitative estimate of drug-likeness (QED) is 0.743. The number of cyclic esters (lactones) is 1. The third kappa shape index (κ3) is 1.50. The van der Waals surface area contributed by atoms with Crippen molar-refractivity contribution in [2.24, 2.45) is 0 Å². The van der Waals surface area contributed by atoms with Crippen LogP contribution < -0.4 is 9.47 Å². The first-order valence-electron chi connectivity index (χ1n) is 5.43. The molecule has 1 atom stereocenters. The van der Waals surface area contributed by atoms with Crippen molar-refractivity contribution >= 4 is 6.09 Å². The second kappa shape index (κ2) is 3.29. The molecule has 90 valence electrons. The summed E-state index contributed by atoms with van der Waals surface area (Å²) in [4.78, 5) is 13.0. The van der Waals surface area contributed by atoms with Gasteiger partial charge in [0.05, 0.1) is 6.54 Å². The molecule has 0 spiro atoms. The monoisotopic (exact) mass is 235 g/mol. The number of likely N-dealkylation sites (N-methyl/N-ethyl adjacent to an activating group) is 1. The van der Waals surface area contributed by atoms with Crippen LogP contribution in [0.1, 0.15) is 12.5 Å². The first-order chi connectivity index (χ1) is 8.08. The van der Waals surface area contributed by atoms with Gasteiger partial charge in [-0.1, -0.05) is 6.07 Å². The van der Waals surface area contributed by atoms with Crippen LogP contribution in [0.3, 0.4) is 0 Å². The van der Waals surface area contributed by atoms with E-state index in [1.54, 1.807) is 11.9 Å². The number of ether oxygens (including phenoxy) is 3. The zero-order valence-corrected chi connectivity index (χ0v) is 9.73. The van der Waals surface area contributed by atoms with Gasteiger partial charge in [0, 0.05) is 12.6 Å². The van der Waals surface area contributed by atoms with Crippen LogP contribution in [0.15, 0.2) is 18.2 Å². The molecule has 5 heteroatoms. The minimum Gasteiger partial charge on any atom is -0.454 e. The van der Waals surface area contributed by atoms with Gasteiger partial charge in [0.2, 0.25) is 6.79 Å². The van der Waals surface area contributed by atoms with E-state index in [2.05, 4.69) is 0 Å². The first kappa shape index (κ1) is 10.3. The molecular formula is C12H13NO4. The lowest BCUT2D eigenvalue weighted by atomic mass is 9.95. The highest BCUT2D eigenvalue weighted by molar-refractivity contribution is 5.70. The lowest BCUT2D eigenvalue weighted by molar-refractivity contribution is 0.0699. The number of amides is 1. The number of carbonyl (C=O) groups is 1. The van der Waals surface area contributed by atoms with E-state index < -0.39 is 5.60 Å². The SMILES string of the molecule is CN1CC(C)(c2ccc3c(c2)OCO3)OC1=O. The Morgan fingerprint density at radius 3 is 2.76 bits per heavy atom. The highest BCUT2D eigenvalue weighted by Gasteiger charge is 2.41. The summed E-state index contributed by atoms with van der Waals surface area (Å²) in [6.45, 7) is 2.67. The van der Waals surface area contributed by atoms with Crippen molar-refractivity contribution in [3.63, 3.8) is 0 Å². The molecule has 0 saturated carbocycles. The van der Waals surface area contributed by atoms with Crippen molar-refractivity contribution in [3.8, 4) is 11.5 Å². The normalized spacial score (nSPS) is 26.2. The molecular weight excluding hydrogens is 222 g/mol. The number of carbonyl (C=O) groups excluding carboxylic acids is 1. The van der Waals surface area contributed by atoms with Gasteiger partial charge >= 0.3 is 6.09 Å². The summed E-state index contributed by atoms with van der Waals surface area (Å²) in [5.74, 6) is 1.43. The van der Waals surface area contributed by atoms with Gasteiger partial charge in [-0.2, -0.15) is 0 Å². The minimum atomic E-state index is -0.618. The largest absolute Gasteiger partial charge is 0.454 e. The van der Waals surface area contributed by atoms with E-state index in [0.717, 1.165) is 11.3 Å². The summed E-state index contributed by atoms with van der Waals surface area (Å²) in [5.41, 5.74) is 0.298. The van der Waals surface area contributed by atoms with E-state index in [-0.39, 0.29) is 12.9 Å². The number of nitrogens with zero attached hydrogens (tertiary/aromatic N) is 1. The van der Waals surface area contributed by atoms with E-state index in [4.69, 9.17) is 14.2 Å². The Morgan fingerprint density at radius 2 is 2.06 bits per heavy atom. The molecule has 0 radical (unpaired) electrons. The summed E-state index contributed by atoms with van der Waals surface area (Å²) < 4.78 is 16.0. The van der Waals surface area contributed by atoms with Crippen LogP contribution in [0.4, 0.5) is 4.79 Å². The standard InChI is InChI=1S/C12H13NO4/c1-12(6-13(2)11(14)17-12)8-3-4-9-10(5-8)16-7-15-9/h3-5H,6-7H2,1-2H3. The molecule has 1 fully saturated rings. The second-order valence-corrected chi connectivity index (χ2v) is 4.52. The van der Waals surface area contributed by atoms with Gasteiger partial charge < -0.3 is 19.1 Å². The van der Waals surface area contributed by atoms with Crippen molar-refractivity contribution in [2.45, 2.75) is 12.5 Å². The highest BCUT2D eigenvalue weighted by Crippen LogP contribution is 2.39. The van der Waals surface area contributed by atoms with Crippen LogP contribution in [-0.4, -0.2) is 31.4 Å². The van der Waals surface area contributed by atoms with Crippen LogP contribution in [-0.2, 0) is 10.3 Å². The van der Waals surface area contributed by atoms with Gasteiger partial charge in [-0.15, -0.1) is 0 Å². The van der Waals surface area contributed by atoms with Gasteiger partial charge in [0.1, 0.15) is 0 Å². The second-order valence-electron chi connectivity index (χ2n) is 4.52. The van der Waals surface area contributed by atoms with Crippen molar-refractivity contribution in [3.05, 3.63) is 23.8 Å². The van der Waals surface area contributed by atoms with Gasteiger partial charge in [-0.05, 0) is 19.1 Å². The number of hydrogen-bond donors (Lipinski definition) is 0. The number of benzene rings is 1. The van der Waals surface area contributed by atoms with E-state index in [1.807, 2.05) is 25.1 Å². The van der Waals surface area contributed by atoms with Gasteiger partial charge in [0.15, 0.2) is 17.1 Å². The fourth-order valence-corrected chi connectivity index (χ4v) is 2.20. The lowest BCUT2D eigenvalue weighted by Gasteiger charge is -2.22. The maximum atomic E-state index is 11.4. The van der Waals surface area contributed by atoms with E-state index in [1.165, 1.54) is 0 Å². The molecule has 17 heavy (non-hydrogen) atoms. The average Bonchev–Trinajstić information content (AvgIpc) is 2.84. The molecule has 1 aromatic rings. The predicted molar refractivity (Wildman–Crippen MR) is 59.0 cm³/mol. The van der Waals surface area contributed by atoms with Crippen LogP contribution in [0.2, 0.25) is 0 Å². The number of fused-ring (bicyclic) bond motifs is 1. The fraction of sp³-hybridized carbons (Fsp3) is 0.417. The van der Waals surface area contributed by atoms with E-state index >= 15 is 0 Å². The first-order valence-corrected chi connectivity index (χ1v) is 5.43. The Morgan fingerprint density at radius 1 is 1.29 bits per heavy atom. The zero-order chi connectivity index (χ0) is 12.0. The van der Waals surface area contributed by atoms with Crippen LogP contribution >= 0.6 is 0 Å². The molecule has 0 N–H and O–H groups in total.